The number of carbonyl (C=O) groups excluding carboxylic acids is 1. The third kappa shape index (κ3) is 2.70. The van der Waals surface area contributed by atoms with Crippen molar-refractivity contribution < 1.29 is 4.79 Å². The normalized spacial score (nSPS) is 10.8. The van der Waals surface area contributed by atoms with E-state index in [1.165, 1.54) is 11.3 Å². The first-order chi connectivity index (χ1) is 10.1. The lowest BCUT2D eigenvalue weighted by molar-refractivity contribution is 0.103. The van der Waals surface area contributed by atoms with Gasteiger partial charge in [0.25, 0.3) is 5.91 Å². The van der Waals surface area contributed by atoms with Crippen molar-refractivity contribution in [3.63, 3.8) is 0 Å². The molecular weight excluding hydrogens is 327 g/mol. The number of amides is 1. The maximum Gasteiger partial charge on any atom is 0.267 e. The Morgan fingerprint density at radius 3 is 2.67 bits per heavy atom. The molecule has 1 amide bonds. The highest BCUT2D eigenvalue weighted by molar-refractivity contribution is 7.21. The largest absolute Gasteiger partial charge is 0.397 e. The Morgan fingerprint density at radius 2 is 1.90 bits per heavy atom. The summed E-state index contributed by atoms with van der Waals surface area (Å²) < 4.78 is 0.918. The van der Waals surface area contributed by atoms with Gasteiger partial charge in [0.05, 0.1) is 16.4 Å². The molecule has 0 saturated carbocycles. The van der Waals surface area contributed by atoms with Crippen molar-refractivity contribution in [3.8, 4) is 0 Å². The number of halogens is 2. The zero-order valence-electron chi connectivity index (χ0n) is 10.7. The van der Waals surface area contributed by atoms with Gasteiger partial charge < -0.3 is 11.1 Å². The van der Waals surface area contributed by atoms with Crippen molar-refractivity contribution >= 4 is 61.9 Å². The number of nitrogen functional groups attached to an aromatic ring is 1. The number of rotatable bonds is 2. The summed E-state index contributed by atoms with van der Waals surface area (Å²) in [6.07, 6.45) is 0. The van der Waals surface area contributed by atoms with Crippen LogP contribution < -0.4 is 11.1 Å². The van der Waals surface area contributed by atoms with Crippen LogP contribution in [0.1, 0.15) is 9.67 Å². The smallest absolute Gasteiger partial charge is 0.267 e. The number of para-hydroxylation sites is 1. The van der Waals surface area contributed by atoms with Gasteiger partial charge in [-0.1, -0.05) is 35.3 Å². The van der Waals surface area contributed by atoms with Gasteiger partial charge in [0.1, 0.15) is 4.88 Å². The van der Waals surface area contributed by atoms with Crippen LogP contribution in [0.25, 0.3) is 10.1 Å². The van der Waals surface area contributed by atoms with E-state index in [0.717, 1.165) is 10.1 Å². The van der Waals surface area contributed by atoms with Gasteiger partial charge in [-0.05, 0) is 30.3 Å². The monoisotopic (exact) mass is 336 g/mol. The summed E-state index contributed by atoms with van der Waals surface area (Å²) in [5, 5.41) is 4.63. The number of nitrogens with two attached hydrogens (primary N) is 1. The van der Waals surface area contributed by atoms with E-state index in [-0.39, 0.29) is 5.91 Å². The highest BCUT2D eigenvalue weighted by Crippen LogP contribution is 2.36. The maximum absolute atomic E-state index is 12.4. The molecule has 106 valence electrons. The zero-order valence-corrected chi connectivity index (χ0v) is 13.0. The molecule has 0 radical (unpaired) electrons. The Bertz CT molecular complexity index is 845. The van der Waals surface area contributed by atoms with E-state index in [4.69, 9.17) is 28.9 Å². The van der Waals surface area contributed by atoms with Gasteiger partial charge in [-0.3, -0.25) is 4.79 Å². The molecule has 0 atom stereocenters. The van der Waals surface area contributed by atoms with Crippen LogP contribution in [-0.4, -0.2) is 5.91 Å². The van der Waals surface area contributed by atoms with Crippen LogP contribution in [0.5, 0.6) is 0 Å². The lowest BCUT2D eigenvalue weighted by Crippen LogP contribution is -2.12. The maximum atomic E-state index is 12.4. The third-order valence-electron chi connectivity index (χ3n) is 3.02. The van der Waals surface area contributed by atoms with Crippen molar-refractivity contribution in [2.24, 2.45) is 0 Å². The van der Waals surface area contributed by atoms with Crippen LogP contribution in [0, 0.1) is 0 Å². The summed E-state index contributed by atoms with van der Waals surface area (Å²) in [5.74, 6) is -0.280. The van der Waals surface area contributed by atoms with Crippen molar-refractivity contribution in [1.29, 1.82) is 0 Å². The number of hydrogen-bond acceptors (Lipinski definition) is 3. The molecule has 3 N–H and O–H groups in total. The van der Waals surface area contributed by atoms with Gasteiger partial charge >= 0.3 is 0 Å². The minimum atomic E-state index is -0.280. The first kappa shape index (κ1) is 14.2. The van der Waals surface area contributed by atoms with Gasteiger partial charge in [0.15, 0.2) is 0 Å². The van der Waals surface area contributed by atoms with E-state index in [9.17, 15) is 4.79 Å². The summed E-state index contributed by atoms with van der Waals surface area (Å²) in [4.78, 5) is 12.8. The minimum absolute atomic E-state index is 0.280. The Balaban J connectivity index is 1.99. The van der Waals surface area contributed by atoms with Gasteiger partial charge in [-0.25, -0.2) is 0 Å². The predicted molar refractivity (Wildman–Crippen MR) is 90.7 cm³/mol. The molecule has 0 unspecified atom stereocenters. The molecule has 3 rings (SSSR count). The molecule has 3 aromatic rings. The summed E-state index contributed by atoms with van der Waals surface area (Å²) in [6, 6.07) is 12.4. The minimum Gasteiger partial charge on any atom is -0.397 e. The molecule has 0 aliphatic carbocycles. The number of fused-ring (bicyclic) bond motifs is 1. The van der Waals surface area contributed by atoms with Crippen LogP contribution >= 0.6 is 34.5 Å². The number of benzene rings is 2. The molecule has 3 nitrogen and oxygen atoms in total. The topological polar surface area (TPSA) is 55.1 Å². The first-order valence-corrected chi connectivity index (χ1v) is 7.67. The molecule has 2 aromatic carbocycles. The molecule has 0 saturated heterocycles. The molecule has 0 aliphatic heterocycles. The van der Waals surface area contributed by atoms with Gasteiger partial charge in [0, 0.05) is 15.1 Å². The van der Waals surface area contributed by atoms with E-state index in [0.29, 0.717) is 26.3 Å². The molecular formula is C15H10Cl2N2OS. The van der Waals surface area contributed by atoms with Gasteiger partial charge in [-0.15, -0.1) is 11.3 Å². The number of carbonyl (C=O) groups is 1. The Kier molecular flexibility index (Phi) is 3.76. The highest BCUT2D eigenvalue weighted by atomic mass is 35.5. The standard InChI is InChI=1S/C15H10Cl2N2OS/c16-8-5-6-12-9(7-8)13(18)14(21-12)15(20)19-11-4-2-1-3-10(11)17/h1-7H,18H2,(H,19,20). The SMILES string of the molecule is Nc1c(C(=O)Nc2ccccc2Cl)sc2ccc(Cl)cc12. The second-order valence-corrected chi connectivity index (χ2v) is 6.32. The molecule has 6 heteroatoms. The van der Waals surface area contributed by atoms with Crippen molar-refractivity contribution in [1.82, 2.24) is 0 Å². The first-order valence-electron chi connectivity index (χ1n) is 6.09. The number of hydrogen-bond donors (Lipinski definition) is 2. The highest BCUT2D eigenvalue weighted by Gasteiger charge is 2.17. The Labute approximate surface area is 135 Å². The summed E-state index contributed by atoms with van der Waals surface area (Å²) in [7, 11) is 0. The summed E-state index contributed by atoms with van der Waals surface area (Å²) >= 11 is 13.3. The second-order valence-electron chi connectivity index (χ2n) is 4.42. The van der Waals surface area contributed by atoms with E-state index < -0.39 is 0 Å². The van der Waals surface area contributed by atoms with Crippen LogP contribution in [0.3, 0.4) is 0 Å². The van der Waals surface area contributed by atoms with E-state index in [1.54, 1.807) is 36.4 Å². The van der Waals surface area contributed by atoms with Crippen LogP contribution in [-0.2, 0) is 0 Å². The molecule has 0 fully saturated rings. The van der Waals surface area contributed by atoms with Gasteiger partial charge in [0.2, 0.25) is 0 Å². The number of nitrogens with one attached hydrogen (secondary N) is 1. The lowest BCUT2D eigenvalue weighted by Gasteiger charge is -2.06. The molecule has 1 aromatic heterocycles. The lowest BCUT2D eigenvalue weighted by atomic mass is 10.2. The van der Waals surface area contributed by atoms with Crippen LogP contribution in [0.4, 0.5) is 11.4 Å². The second kappa shape index (κ2) is 5.56. The van der Waals surface area contributed by atoms with Crippen molar-refractivity contribution in [3.05, 3.63) is 57.4 Å². The number of anilines is 2. The van der Waals surface area contributed by atoms with E-state index in [1.807, 2.05) is 6.07 Å². The zero-order chi connectivity index (χ0) is 15.0. The summed E-state index contributed by atoms with van der Waals surface area (Å²) in [5.41, 5.74) is 7.05. The molecule has 1 heterocycles. The number of thiophene rings is 1. The van der Waals surface area contributed by atoms with E-state index >= 15 is 0 Å². The predicted octanol–water partition coefficient (Wildman–Crippen LogP) is 5.04. The Hall–Kier alpha value is -1.75. The average Bonchev–Trinajstić information content (AvgIpc) is 2.79. The van der Waals surface area contributed by atoms with Crippen LogP contribution in [0.15, 0.2) is 42.5 Å². The van der Waals surface area contributed by atoms with Gasteiger partial charge in [-0.2, -0.15) is 0 Å². The van der Waals surface area contributed by atoms with Crippen molar-refractivity contribution in [2.75, 3.05) is 11.1 Å². The fourth-order valence-corrected chi connectivity index (χ4v) is 3.35. The fraction of sp³-hybridized carbons (Fsp3) is 0. The quantitative estimate of drug-likeness (QED) is 0.688. The molecule has 0 aliphatic rings. The molecule has 21 heavy (non-hydrogen) atoms. The Morgan fingerprint density at radius 1 is 1.14 bits per heavy atom. The summed E-state index contributed by atoms with van der Waals surface area (Å²) in [6.45, 7) is 0. The van der Waals surface area contributed by atoms with E-state index in [2.05, 4.69) is 5.32 Å². The van der Waals surface area contributed by atoms with Crippen molar-refractivity contribution in [2.45, 2.75) is 0 Å². The average molecular weight is 337 g/mol. The molecule has 0 spiro atoms. The van der Waals surface area contributed by atoms with Crippen LogP contribution in [0.2, 0.25) is 10.0 Å². The fourth-order valence-electron chi connectivity index (χ4n) is 2.00. The molecule has 0 bridgehead atoms. The third-order valence-corrected chi connectivity index (χ3v) is 4.77.